The maximum absolute atomic E-state index is 12.3. The van der Waals surface area contributed by atoms with Gasteiger partial charge in [0, 0.05) is 5.41 Å². The summed E-state index contributed by atoms with van der Waals surface area (Å²) in [5.74, 6) is 0.467. The first-order valence-corrected chi connectivity index (χ1v) is 7.65. The molecular formula is C16H29NO2. The van der Waals surface area contributed by atoms with Gasteiger partial charge < -0.3 is 10.5 Å². The molecule has 0 aromatic rings. The minimum Gasteiger partial charge on any atom is -0.460 e. The molecule has 2 fully saturated rings. The minimum absolute atomic E-state index is 0.0495. The summed E-state index contributed by atoms with van der Waals surface area (Å²) < 4.78 is 5.84. The summed E-state index contributed by atoms with van der Waals surface area (Å²) in [6.07, 6.45) is 5.08. The molecule has 0 aliphatic heterocycles. The van der Waals surface area contributed by atoms with Gasteiger partial charge in [-0.05, 0) is 43.9 Å². The van der Waals surface area contributed by atoms with Crippen LogP contribution in [-0.2, 0) is 9.53 Å². The average molecular weight is 267 g/mol. The van der Waals surface area contributed by atoms with E-state index in [0.29, 0.717) is 12.3 Å². The first-order valence-electron chi connectivity index (χ1n) is 7.65. The van der Waals surface area contributed by atoms with E-state index < -0.39 is 5.54 Å². The second kappa shape index (κ2) is 4.47. The fourth-order valence-electron chi connectivity index (χ4n) is 4.19. The number of fused-ring (bicyclic) bond motifs is 2. The molecule has 3 heteroatoms. The third-order valence-electron chi connectivity index (χ3n) is 6.20. The van der Waals surface area contributed by atoms with E-state index in [1.54, 1.807) is 6.92 Å². The van der Waals surface area contributed by atoms with Crippen molar-refractivity contribution >= 4 is 5.97 Å². The standard InChI is InChI=1S/C16H29NO2/c1-6-8-16(5,17)13(18)19-12-10-11-7-9-15(12,4)14(11,2)3/h11-12H,6-10,17H2,1-5H3. The van der Waals surface area contributed by atoms with Crippen molar-refractivity contribution in [1.82, 2.24) is 0 Å². The number of rotatable bonds is 4. The fourth-order valence-corrected chi connectivity index (χ4v) is 4.19. The summed E-state index contributed by atoms with van der Waals surface area (Å²) in [4.78, 5) is 12.3. The summed E-state index contributed by atoms with van der Waals surface area (Å²) in [6.45, 7) is 10.8. The zero-order chi connectivity index (χ0) is 14.5. The molecule has 110 valence electrons. The van der Waals surface area contributed by atoms with Crippen LogP contribution in [0.3, 0.4) is 0 Å². The third kappa shape index (κ3) is 2.10. The SMILES string of the molecule is CCCC(C)(N)C(=O)OC1CC2CCC1(C)C2(C)C. The minimum atomic E-state index is -0.836. The predicted octanol–water partition coefficient (Wildman–Crippen LogP) is 3.26. The van der Waals surface area contributed by atoms with Crippen LogP contribution in [0.25, 0.3) is 0 Å². The van der Waals surface area contributed by atoms with Crippen molar-refractivity contribution in [2.75, 3.05) is 0 Å². The van der Waals surface area contributed by atoms with E-state index in [4.69, 9.17) is 10.5 Å². The van der Waals surface area contributed by atoms with Gasteiger partial charge in [-0.1, -0.05) is 34.1 Å². The van der Waals surface area contributed by atoms with E-state index in [-0.39, 0.29) is 22.9 Å². The van der Waals surface area contributed by atoms with Gasteiger partial charge >= 0.3 is 5.97 Å². The van der Waals surface area contributed by atoms with Crippen molar-refractivity contribution in [1.29, 1.82) is 0 Å². The quantitative estimate of drug-likeness (QED) is 0.795. The van der Waals surface area contributed by atoms with Gasteiger partial charge in [0.25, 0.3) is 0 Å². The van der Waals surface area contributed by atoms with Crippen molar-refractivity contribution < 1.29 is 9.53 Å². The summed E-state index contributed by atoms with van der Waals surface area (Å²) in [5.41, 5.74) is 5.64. The molecule has 2 aliphatic rings. The third-order valence-corrected chi connectivity index (χ3v) is 6.20. The van der Waals surface area contributed by atoms with Gasteiger partial charge in [-0.15, -0.1) is 0 Å². The number of ether oxygens (including phenoxy) is 1. The average Bonchev–Trinajstić information content (AvgIpc) is 2.61. The zero-order valence-electron chi connectivity index (χ0n) is 13.1. The van der Waals surface area contributed by atoms with Crippen LogP contribution < -0.4 is 5.73 Å². The van der Waals surface area contributed by atoms with Crippen LogP contribution in [0.1, 0.15) is 66.7 Å². The lowest BCUT2D eigenvalue weighted by Crippen LogP contribution is -2.49. The van der Waals surface area contributed by atoms with E-state index in [9.17, 15) is 4.79 Å². The molecule has 0 aromatic carbocycles. The molecule has 0 saturated heterocycles. The van der Waals surface area contributed by atoms with E-state index in [2.05, 4.69) is 20.8 Å². The maximum Gasteiger partial charge on any atom is 0.326 e. The summed E-state index contributed by atoms with van der Waals surface area (Å²) in [7, 11) is 0. The molecule has 0 aromatic heterocycles. The summed E-state index contributed by atoms with van der Waals surface area (Å²) in [6, 6.07) is 0. The molecular weight excluding hydrogens is 238 g/mol. The smallest absolute Gasteiger partial charge is 0.326 e. The monoisotopic (exact) mass is 267 g/mol. The van der Waals surface area contributed by atoms with E-state index in [1.807, 2.05) is 6.92 Å². The molecule has 2 rings (SSSR count). The topological polar surface area (TPSA) is 52.3 Å². The molecule has 2 saturated carbocycles. The Kier molecular flexibility index (Phi) is 3.49. The van der Waals surface area contributed by atoms with Gasteiger partial charge in [-0.2, -0.15) is 0 Å². The lowest BCUT2D eigenvalue weighted by molar-refractivity contribution is -0.163. The highest BCUT2D eigenvalue weighted by Gasteiger charge is 2.63. The molecule has 2 bridgehead atoms. The molecule has 2 N–H and O–H groups in total. The van der Waals surface area contributed by atoms with Gasteiger partial charge in [0.15, 0.2) is 0 Å². The Balaban J connectivity index is 2.08. The van der Waals surface area contributed by atoms with Crippen LogP contribution in [0.4, 0.5) is 0 Å². The van der Waals surface area contributed by atoms with E-state index in [0.717, 1.165) is 19.3 Å². The molecule has 0 radical (unpaired) electrons. The number of carbonyl (C=O) groups excluding carboxylic acids is 1. The Labute approximate surface area is 117 Å². The van der Waals surface area contributed by atoms with Gasteiger partial charge in [0.1, 0.15) is 11.6 Å². The van der Waals surface area contributed by atoms with Crippen molar-refractivity contribution in [3.63, 3.8) is 0 Å². The van der Waals surface area contributed by atoms with Gasteiger partial charge in [-0.25, -0.2) is 0 Å². The van der Waals surface area contributed by atoms with Crippen molar-refractivity contribution in [3.05, 3.63) is 0 Å². The van der Waals surface area contributed by atoms with Crippen molar-refractivity contribution in [2.45, 2.75) is 78.4 Å². The number of esters is 1. The Bertz CT molecular complexity index is 375. The number of nitrogens with two attached hydrogens (primary N) is 1. The van der Waals surface area contributed by atoms with E-state index in [1.165, 1.54) is 6.42 Å². The van der Waals surface area contributed by atoms with Gasteiger partial charge in [0.05, 0.1) is 0 Å². The Hall–Kier alpha value is -0.570. The molecule has 0 amide bonds. The second-order valence-corrected chi connectivity index (χ2v) is 7.67. The molecule has 3 nitrogen and oxygen atoms in total. The highest BCUT2D eigenvalue weighted by molar-refractivity contribution is 5.80. The van der Waals surface area contributed by atoms with E-state index >= 15 is 0 Å². The Morgan fingerprint density at radius 1 is 1.42 bits per heavy atom. The van der Waals surface area contributed by atoms with Crippen LogP contribution in [0, 0.1) is 16.7 Å². The van der Waals surface area contributed by atoms with Crippen LogP contribution >= 0.6 is 0 Å². The van der Waals surface area contributed by atoms with Crippen LogP contribution in [0.2, 0.25) is 0 Å². The Morgan fingerprint density at radius 2 is 2.05 bits per heavy atom. The summed E-state index contributed by atoms with van der Waals surface area (Å²) in [5, 5.41) is 0. The van der Waals surface area contributed by atoms with Gasteiger partial charge in [-0.3, -0.25) is 4.79 Å². The number of hydrogen-bond donors (Lipinski definition) is 1. The molecule has 19 heavy (non-hydrogen) atoms. The van der Waals surface area contributed by atoms with Crippen LogP contribution in [0.5, 0.6) is 0 Å². The molecule has 0 heterocycles. The highest BCUT2D eigenvalue weighted by Crippen LogP contribution is 2.66. The molecule has 2 aliphatic carbocycles. The number of carbonyl (C=O) groups is 1. The lowest BCUT2D eigenvalue weighted by Gasteiger charge is -2.39. The number of hydrogen-bond acceptors (Lipinski definition) is 3. The molecule has 4 unspecified atom stereocenters. The fraction of sp³-hybridized carbons (Fsp3) is 0.938. The second-order valence-electron chi connectivity index (χ2n) is 7.67. The predicted molar refractivity (Wildman–Crippen MR) is 76.6 cm³/mol. The van der Waals surface area contributed by atoms with Crippen molar-refractivity contribution in [3.8, 4) is 0 Å². The van der Waals surface area contributed by atoms with Crippen LogP contribution in [-0.4, -0.2) is 17.6 Å². The van der Waals surface area contributed by atoms with Crippen LogP contribution in [0.15, 0.2) is 0 Å². The summed E-state index contributed by atoms with van der Waals surface area (Å²) >= 11 is 0. The molecule has 0 spiro atoms. The normalized spacial score (nSPS) is 39.1. The first kappa shape index (κ1) is 14.8. The molecule has 4 atom stereocenters. The first-order chi connectivity index (χ1) is 8.65. The Morgan fingerprint density at radius 3 is 2.47 bits per heavy atom. The highest BCUT2D eigenvalue weighted by atomic mass is 16.5. The van der Waals surface area contributed by atoms with Gasteiger partial charge in [0.2, 0.25) is 0 Å². The largest absolute Gasteiger partial charge is 0.460 e. The van der Waals surface area contributed by atoms with Crippen molar-refractivity contribution in [2.24, 2.45) is 22.5 Å². The lowest BCUT2D eigenvalue weighted by atomic mass is 9.70. The maximum atomic E-state index is 12.3. The zero-order valence-corrected chi connectivity index (χ0v) is 13.1.